The van der Waals surface area contributed by atoms with Crippen LogP contribution >= 0.6 is 0 Å². The van der Waals surface area contributed by atoms with Gasteiger partial charge in [-0.05, 0) is 26.7 Å². The van der Waals surface area contributed by atoms with Gasteiger partial charge in [0.25, 0.3) is 0 Å². The Morgan fingerprint density at radius 2 is 2.35 bits per heavy atom. The van der Waals surface area contributed by atoms with E-state index in [9.17, 15) is 0 Å². The maximum absolute atomic E-state index is 5.76. The molecular weight excluding hydrogens is 216 g/mol. The minimum Gasteiger partial charge on any atom is -0.475 e. The van der Waals surface area contributed by atoms with E-state index in [1.54, 1.807) is 6.33 Å². The van der Waals surface area contributed by atoms with Gasteiger partial charge in [-0.25, -0.2) is 9.97 Å². The maximum atomic E-state index is 5.76. The van der Waals surface area contributed by atoms with Gasteiger partial charge in [0, 0.05) is 25.2 Å². The molecule has 2 heterocycles. The first kappa shape index (κ1) is 12.1. The van der Waals surface area contributed by atoms with E-state index >= 15 is 0 Å². The minimum absolute atomic E-state index is 0.127. The summed E-state index contributed by atoms with van der Waals surface area (Å²) in [5.41, 5.74) is 5.76. The van der Waals surface area contributed by atoms with Crippen LogP contribution in [0.15, 0.2) is 12.4 Å². The number of hydrogen-bond donors (Lipinski definition) is 1. The Labute approximate surface area is 102 Å². The average molecular weight is 236 g/mol. The molecule has 0 radical (unpaired) electrons. The molecular formula is C12H20N4O. The Kier molecular flexibility index (Phi) is 3.78. The van der Waals surface area contributed by atoms with Gasteiger partial charge in [-0.1, -0.05) is 0 Å². The first-order valence-electron chi connectivity index (χ1n) is 6.16. The molecule has 0 amide bonds. The quantitative estimate of drug-likeness (QED) is 0.850. The molecule has 1 atom stereocenters. The molecule has 5 heteroatoms. The monoisotopic (exact) mass is 236 g/mol. The van der Waals surface area contributed by atoms with Gasteiger partial charge in [0.1, 0.15) is 12.1 Å². The predicted octanol–water partition coefficient (Wildman–Crippen LogP) is 1.19. The van der Waals surface area contributed by atoms with Crippen LogP contribution in [-0.2, 0) is 0 Å². The molecule has 1 aromatic heterocycles. The third-order valence-corrected chi connectivity index (χ3v) is 2.93. The van der Waals surface area contributed by atoms with E-state index < -0.39 is 0 Å². The van der Waals surface area contributed by atoms with E-state index in [4.69, 9.17) is 10.5 Å². The zero-order valence-electron chi connectivity index (χ0n) is 10.5. The van der Waals surface area contributed by atoms with E-state index in [1.807, 2.05) is 19.9 Å². The molecule has 5 nitrogen and oxygen atoms in total. The van der Waals surface area contributed by atoms with Gasteiger partial charge in [-0.3, -0.25) is 0 Å². The van der Waals surface area contributed by atoms with Gasteiger partial charge in [-0.2, -0.15) is 0 Å². The van der Waals surface area contributed by atoms with Crippen molar-refractivity contribution in [1.29, 1.82) is 0 Å². The second kappa shape index (κ2) is 5.31. The molecule has 1 fully saturated rings. The first-order chi connectivity index (χ1) is 8.20. The second-order valence-electron chi connectivity index (χ2n) is 4.61. The zero-order valence-corrected chi connectivity index (χ0v) is 10.5. The van der Waals surface area contributed by atoms with Gasteiger partial charge in [0.05, 0.1) is 6.10 Å². The molecule has 1 aliphatic rings. The number of aromatic nitrogens is 2. The standard InChI is InChI=1S/C12H20N4O/c1-9(2)17-12-6-11(14-8-15-12)16-5-3-4-10(16)7-13/h6,8-10H,3-5,7,13H2,1-2H3. The normalized spacial score (nSPS) is 20.0. The number of nitrogens with two attached hydrogens (primary N) is 1. The Morgan fingerprint density at radius 3 is 3.06 bits per heavy atom. The molecule has 0 aliphatic carbocycles. The summed E-state index contributed by atoms with van der Waals surface area (Å²) in [6.07, 6.45) is 3.99. The second-order valence-corrected chi connectivity index (χ2v) is 4.61. The summed E-state index contributed by atoms with van der Waals surface area (Å²) in [5.74, 6) is 1.55. The molecule has 0 spiro atoms. The number of rotatable bonds is 4. The number of hydrogen-bond acceptors (Lipinski definition) is 5. The highest BCUT2D eigenvalue weighted by molar-refractivity contribution is 5.43. The van der Waals surface area contributed by atoms with Crippen molar-refractivity contribution < 1.29 is 4.74 Å². The van der Waals surface area contributed by atoms with Gasteiger partial charge in [-0.15, -0.1) is 0 Å². The summed E-state index contributed by atoms with van der Waals surface area (Å²) < 4.78 is 5.57. The van der Waals surface area contributed by atoms with Gasteiger partial charge < -0.3 is 15.4 Å². The summed E-state index contributed by atoms with van der Waals surface area (Å²) in [6.45, 7) is 5.66. The zero-order chi connectivity index (χ0) is 12.3. The van der Waals surface area contributed by atoms with Crippen LogP contribution in [0.4, 0.5) is 5.82 Å². The van der Waals surface area contributed by atoms with Crippen LogP contribution in [0.5, 0.6) is 5.88 Å². The number of nitrogens with zero attached hydrogens (tertiary/aromatic N) is 3. The lowest BCUT2D eigenvalue weighted by molar-refractivity contribution is 0.232. The highest BCUT2D eigenvalue weighted by atomic mass is 16.5. The Balaban J connectivity index is 2.15. The lowest BCUT2D eigenvalue weighted by Crippen LogP contribution is -2.35. The molecule has 17 heavy (non-hydrogen) atoms. The van der Waals surface area contributed by atoms with Crippen molar-refractivity contribution in [1.82, 2.24) is 9.97 Å². The van der Waals surface area contributed by atoms with Crippen molar-refractivity contribution in [2.75, 3.05) is 18.0 Å². The topological polar surface area (TPSA) is 64.3 Å². The fourth-order valence-corrected chi connectivity index (χ4v) is 2.18. The summed E-state index contributed by atoms with van der Waals surface area (Å²) in [5, 5.41) is 0. The molecule has 94 valence electrons. The van der Waals surface area contributed by atoms with E-state index in [2.05, 4.69) is 14.9 Å². The highest BCUT2D eigenvalue weighted by Crippen LogP contribution is 2.25. The molecule has 1 aromatic rings. The lowest BCUT2D eigenvalue weighted by atomic mass is 10.2. The SMILES string of the molecule is CC(C)Oc1cc(N2CCCC2CN)ncn1. The molecule has 0 saturated carbocycles. The highest BCUT2D eigenvalue weighted by Gasteiger charge is 2.24. The van der Waals surface area contributed by atoms with Crippen LogP contribution in [-0.4, -0.2) is 35.2 Å². The smallest absolute Gasteiger partial charge is 0.218 e. The van der Waals surface area contributed by atoms with Gasteiger partial charge in [0.15, 0.2) is 0 Å². The molecule has 0 bridgehead atoms. The molecule has 0 aromatic carbocycles. The predicted molar refractivity (Wildman–Crippen MR) is 67.2 cm³/mol. The van der Waals surface area contributed by atoms with Crippen molar-refractivity contribution in [3.05, 3.63) is 12.4 Å². The van der Waals surface area contributed by atoms with Crippen molar-refractivity contribution in [3.63, 3.8) is 0 Å². The molecule has 1 saturated heterocycles. The fourth-order valence-electron chi connectivity index (χ4n) is 2.18. The Morgan fingerprint density at radius 1 is 1.53 bits per heavy atom. The number of ether oxygens (including phenoxy) is 1. The van der Waals surface area contributed by atoms with Crippen LogP contribution in [0.3, 0.4) is 0 Å². The lowest BCUT2D eigenvalue weighted by Gasteiger charge is -2.24. The molecule has 2 N–H and O–H groups in total. The molecule has 1 aliphatic heterocycles. The minimum atomic E-state index is 0.127. The largest absolute Gasteiger partial charge is 0.475 e. The van der Waals surface area contributed by atoms with E-state index in [1.165, 1.54) is 6.42 Å². The van der Waals surface area contributed by atoms with E-state index in [-0.39, 0.29) is 6.10 Å². The van der Waals surface area contributed by atoms with Gasteiger partial charge in [0.2, 0.25) is 5.88 Å². The summed E-state index contributed by atoms with van der Waals surface area (Å²) >= 11 is 0. The van der Waals surface area contributed by atoms with Gasteiger partial charge >= 0.3 is 0 Å². The summed E-state index contributed by atoms with van der Waals surface area (Å²) in [4.78, 5) is 10.7. The van der Waals surface area contributed by atoms with Crippen LogP contribution in [0, 0.1) is 0 Å². The third-order valence-electron chi connectivity index (χ3n) is 2.93. The maximum Gasteiger partial charge on any atom is 0.218 e. The van der Waals surface area contributed by atoms with Crippen molar-refractivity contribution in [2.45, 2.75) is 38.8 Å². The molecule has 2 rings (SSSR count). The van der Waals surface area contributed by atoms with Crippen LogP contribution in [0.2, 0.25) is 0 Å². The Hall–Kier alpha value is -1.36. The van der Waals surface area contributed by atoms with E-state index in [0.29, 0.717) is 18.5 Å². The fraction of sp³-hybridized carbons (Fsp3) is 0.667. The van der Waals surface area contributed by atoms with Crippen LogP contribution in [0.1, 0.15) is 26.7 Å². The number of anilines is 1. The first-order valence-corrected chi connectivity index (χ1v) is 6.16. The van der Waals surface area contributed by atoms with Crippen LogP contribution in [0.25, 0.3) is 0 Å². The average Bonchev–Trinajstić information content (AvgIpc) is 2.76. The summed E-state index contributed by atoms with van der Waals surface area (Å²) in [7, 11) is 0. The van der Waals surface area contributed by atoms with E-state index in [0.717, 1.165) is 18.8 Å². The summed E-state index contributed by atoms with van der Waals surface area (Å²) in [6, 6.07) is 2.30. The Bertz CT molecular complexity index is 369. The van der Waals surface area contributed by atoms with Crippen molar-refractivity contribution in [3.8, 4) is 5.88 Å². The third kappa shape index (κ3) is 2.85. The van der Waals surface area contributed by atoms with Crippen molar-refractivity contribution in [2.24, 2.45) is 5.73 Å². The van der Waals surface area contributed by atoms with Crippen LogP contribution < -0.4 is 15.4 Å². The van der Waals surface area contributed by atoms with Crippen molar-refractivity contribution >= 4 is 5.82 Å². The molecule has 1 unspecified atom stereocenters.